The lowest BCUT2D eigenvalue weighted by atomic mass is 9.97. The largest absolute Gasteiger partial charge is 0.358 e. The van der Waals surface area contributed by atoms with Crippen molar-refractivity contribution in [2.75, 3.05) is 25.0 Å². The number of piperidine rings is 1. The molecule has 5 nitrogen and oxygen atoms in total. The fraction of sp³-hybridized carbons (Fsp3) is 0.421. The van der Waals surface area contributed by atoms with Crippen LogP contribution in [0.25, 0.3) is 10.7 Å². The van der Waals surface area contributed by atoms with E-state index in [1.54, 1.807) is 17.5 Å². The average molecular weight is 386 g/mol. The number of hydrogen-bond acceptors (Lipinski definition) is 7. The number of pyridine rings is 1. The molecule has 0 saturated carbocycles. The zero-order chi connectivity index (χ0) is 17.8. The van der Waals surface area contributed by atoms with Gasteiger partial charge in [0.2, 0.25) is 5.13 Å². The summed E-state index contributed by atoms with van der Waals surface area (Å²) < 4.78 is 0. The van der Waals surface area contributed by atoms with Crippen LogP contribution in [0.1, 0.15) is 30.7 Å². The Morgan fingerprint density at radius 3 is 2.81 bits per heavy atom. The van der Waals surface area contributed by atoms with Crippen LogP contribution in [-0.4, -0.2) is 39.7 Å². The van der Waals surface area contributed by atoms with Crippen molar-refractivity contribution in [1.29, 1.82) is 0 Å². The molecule has 7 heteroatoms. The lowest BCUT2D eigenvalue weighted by Crippen LogP contribution is -2.38. The lowest BCUT2D eigenvalue weighted by molar-refractivity contribution is 0.145. The van der Waals surface area contributed by atoms with Crippen molar-refractivity contribution in [3.8, 4) is 10.7 Å². The number of anilines is 1. The number of aromatic nitrogens is 3. The van der Waals surface area contributed by atoms with Crippen molar-refractivity contribution in [3.05, 3.63) is 46.8 Å². The molecule has 3 aromatic rings. The van der Waals surface area contributed by atoms with Crippen LogP contribution in [0.4, 0.5) is 5.13 Å². The van der Waals surface area contributed by atoms with E-state index in [2.05, 4.69) is 49.8 Å². The fourth-order valence-corrected chi connectivity index (χ4v) is 4.89. The minimum Gasteiger partial charge on any atom is -0.358 e. The molecule has 0 bridgehead atoms. The Hall–Kier alpha value is -1.83. The van der Waals surface area contributed by atoms with Gasteiger partial charge in [-0.3, -0.25) is 9.88 Å². The molecule has 1 unspecified atom stereocenters. The van der Waals surface area contributed by atoms with Crippen molar-refractivity contribution >= 4 is 27.8 Å². The molecule has 0 amide bonds. The highest BCUT2D eigenvalue weighted by Gasteiger charge is 2.25. The van der Waals surface area contributed by atoms with Crippen molar-refractivity contribution in [1.82, 2.24) is 20.1 Å². The molecule has 26 heavy (non-hydrogen) atoms. The number of hydrogen-bond donors (Lipinski definition) is 1. The van der Waals surface area contributed by atoms with Crippen LogP contribution in [0, 0.1) is 5.92 Å². The summed E-state index contributed by atoms with van der Waals surface area (Å²) in [5.41, 5.74) is 0.873. The SMILES string of the molecule is CC1CCN(C(CNc2nnc(-c3ccccn3)s2)c2cccs2)CC1. The van der Waals surface area contributed by atoms with Crippen LogP contribution in [-0.2, 0) is 0 Å². The Kier molecular flexibility index (Phi) is 5.57. The highest BCUT2D eigenvalue weighted by Crippen LogP contribution is 2.31. The molecule has 1 atom stereocenters. The maximum atomic E-state index is 4.35. The molecular weight excluding hydrogens is 362 g/mol. The standard InChI is InChI=1S/C19H23N5S2/c1-14-7-10-24(11-8-14)16(17-6-4-12-25-17)13-21-19-23-22-18(26-19)15-5-2-3-9-20-15/h2-6,9,12,14,16H,7-8,10-11,13H2,1H3,(H,21,23). The van der Waals surface area contributed by atoms with Gasteiger partial charge in [-0.05, 0) is 55.4 Å². The number of rotatable bonds is 6. The summed E-state index contributed by atoms with van der Waals surface area (Å²) in [7, 11) is 0. The van der Waals surface area contributed by atoms with Gasteiger partial charge in [-0.2, -0.15) is 0 Å². The molecule has 1 N–H and O–H groups in total. The predicted molar refractivity (Wildman–Crippen MR) is 109 cm³/mol. The van der Waals surface area contributed by atoms with E-state index in [0.717, 1.165) is 28.3 Å². The van der Waals surface area contributed by atoms with Gasteiger partial charge in [-0.25, -0.2) is 0 Å². The first-order chi connectivity index (χ1) is 12.8. The van der Waals surface area contributed by atoms with E-state index < -0.39 is 0 Å². The number of thiophene rings is 1. The third kappa shape index (κ3) is 4.11. The molecule has 1 aliphatic rings. The summed E-state index contributed by atoms with van der Waals surface area (Å²) in [6.45, 7) is 5.54. The Labute approximate surface area is 162 Å². The van der Waals surface area contributed by atoms with Crippen LogP contribution in [0.5, 0.6) is 0 Å². The van der Waals surface area contributed by atoms with Crippen LogP contribution in [0.15, 0.2) is 41.9 Å². The quantitative estimate of drug-likeness (QED) is 0.675. The van der Waals surface area contributed by atoms with E-state index in [0.29, 0.717) is 6.04 Å². The Bertz CT molecular complexity index is 794. The van der Waals surface area contributed by atoms with Crippen LogP contribution in [0.2, 0.25) is 0 Å². The minimum atomic E-state index is 0.393. The molecule has 3 aromatic heterocycles. The second-order valence-corrected chi connectivity index (χ2v) is 8.71. The normalized spacial score (nSPS) is 17.3. The monoisotopic (exact) mass is 385 g/mol. The minimum absolute atomic E-state index is 0.393. The Morgan fingerprint density at radius 1 is 1.19 bits per heavy atom. The Morgan fingerprint density at radius 2 is 2.08 bits per heavy atom. The number of nitrogens with one attached hydrogen (secondary N) is 1. The van der Waals surface area contributed by atoms with Crippen molar-refractivity contribution in [3.63, 3.8) is 0 Å². The third-order valence-electron chi connectivity index (χ3n) is 4.89. The maximum Gasteiger partial charge on any atom is 0.206 e. The first-order valence-corrected chi connectivity index (χ1v) is 10.8. The Balaban J connectivity index is 1.44. The molecule has 0 aromatic carbocycles. The van der Waals surface area contributed by atoms with Gasteiger partial charge in [-0.15, -0.1) is 21.5 Å². The molecule has 0 aliphatic carbocycles. The molecule has 0 radical (unpaired) electrons. The van der Waals surface area contributed by atoms with Gasteiger partial charge >= 0.3 is 0 Å². The predicted octanol–water partition coefficient (Wildman–Crippen LogP) is 4.55. The smallest absolute Gasteiger partial charge is 0.206 e. The summed E-state index contributed by atoms with van der Waals surface area (Å²) >= 11 is 3.40. The first kappa shape index (κ1) is 17.6. The second-order valence-electron chi connectivity index (χ2n) is 6.76. The summed E-state index contributed by atoms with van der Waals surface area (Å²) in [5.74, 6) is 0.840. The highest BCUT2D eigenvalue weighted by molar-refractivity contribution is 7.18. The average Bonchev–Trinajstić information content (AvgIpc) is 3.36. The molecular formula is C19H23N5S2. The maximum absolute atomic E-state index is 4.35. The van der Waals surface area contributed by atoms with E-state index in [9.17, 15) is 0 Å². The topological polar surface area (TPSA) is 53.9 Å². The highest BCUT2D eigenvalue weighted by atomic mass is 32.1. The number of nitrogens with zero attached hydrogens (tertiary/aromatic N) is 4. The van der Waals surface area contributed by atoms with E-state index >= 15 is 0 Å². The fourth-order valence-electron chi connectivity index (χ4n) is 3.30. The zero-order valence-electron chi connectivity index (χ0n) is 14.8. The summed E-state index contributed by atoms with van der Waals surface area (Å²) in [4.78, 5) is 8.38. The van der Waals surface area contributed by atoms with Gasteiger partial charge in [-0.1, -0.05) is 30.4 Å². The van der Waals surface area contributed by atoms with E-state index in [-0.39, 0.29) is 0 Å². The van der Waals surface area contributed by atoms with Gasteiger partial charge in [0.05, 0.1) is 6.04 Å². The summed E-state index contributed by atoms with van der Waals surface area (Å²) in [6, 6.07) is 10.6. The summed E-state index contributed by atoms with van der Waals surface area (Å²) in [6.07, 6.45) is 4.35. The summed E-state index contributed by atoms with van der Waals surface area (Å²) in [5, 5.41) is 16.0. The van der Waals surface area contributed by atoms with Crippen LogP contribution in [0.3, 0.4) is 0 Å². The second kappa shape index (κ2) is 8.24. The van der Waals surface area contributed by atoms with E-state index in [1.165, 1.54) is 30.8 Å². The lowest BCUT2D eigenvalue weighted by Gasteiger charge is -2.36. The molecule has 0 spiro atoms. The zero-order valence-corrected chi connectivity index (χ0v) is 16.5. The van der Waals surface area contributed by atoms with Crippen molar-refractivity contribution < 1.29 is 0 Å². The van der Waals surface area contributed by atoms with Gasteiger partial charge < -0.3 is 5.32 Å². The van der Waals surface area contributed by atoms with Gasteiger partial charge in [0.15, 0.2) is 5.01 Å². The first-order valence-electron chi connectivity index (χ1n) is 9.06. The van der Waals surface area contributed by atoms with Crippen LogP contribution < -0.4 is 5.32 Å². The molecule has 1 aliphatic heterocycles. The van der Waals surface area contributed by atoms with Crippen molar-refractivity contribution in [2.24, 2.45) is 5.92 Å². The molecule has 136 valence electrons. The molecule has 1 fully saturated rings. The van der Waals surface area contributed by atoms with E-state index in [4.69, 9.17) is 0 Å². The van der Waals surface area contributed by atoms with Gasteiger partial charge in [0.1, 0.15) is 5.69 Å². The third-order valence-corrected chi connectivity index (χ3v) is 6.76. The number of likely N-dealkylation sites (tertiary alicyclic amines) is 1. The molecule has 1 saturated heterocycles. The molecule has 4 heterocycles. The van der Waals surface area contributed by atoms with Gasteiger partial charge in [0.25, 0.3) is 0 Å². The van der Waals surface area contributed by atoms with E-state index in [1.807, 2.05) is 29.5 Å². The van der Waals surface area contributed by atoms with Crippen LogP contribution >= 0.6 is 22.7 Å². The molecule has 4 rings (SSSR count). The van der Waals surface area contributed by atoms with Gasteiger partial charge in [0, 0.05) is 17.6 Å². The van der Waals surface area contributed by atoms with Crippen molar-refractivity contribution in [2.45, 2.75) is 25.8 Å².